The molecule has 14 nitrogen and oxygen atoms in total. The van der Waals surface area contributed by atoms with Gasteiger partial charge in [-0.15, -0.1) is 0 Å². The Hall–Kier alpha value is -3.17. The number of aliphatic hydroxyl groups is 1. The third-order valence-corrected chi connectivity index (χ3v) is 4.57. The minimum atomic E-state index is -1.63. The zero-order valence-corrected chi connectivity index (χ0v) is 17.9. The molecule has 0 spiro atoms. The number of nitrogens with two attached hydrogens (primary N) is 1. The van der Waals surface area contributed by atoms with Gasteiger partial charge < -0.3 is 42.0 Å². The average Bonchev–Trinajstić information content (AvgIpc) is 3.21. The van der Waals surface area contributed by atoms with Crippen LogP contribution in [0, 0.1) is 0 Å². The maximum atomic E-state index is 12.6. The molecule has 1 rings (SSSR count). The molecule has 0 aromatic carbocycles. The molecule has 0 saturated carbocycles. The highest BCUT2D eigenvalue weighted by Crippen LogP contribution is 2.02. The molecule has 178 valence electrons. The van der Waals surface area contributed by atoms with Gasteiger partial charge in [0.25, 0.3) is 0 Å². The van der Waals surface area contributed by atoms with Gasteiger partial charge in [-0.1, -0.05) is 0 Å². The van der Waals surface area contributed by atoms with Crippen LogP contribution in [-0.2, 0) is 30.4 Å². The largest absolute Gasteiger partial charge is 0.481 e. The summed E-state index contributed by atoms with van der Waals surface area (Å²) in [6.45, 7) is 1.16. The Morgan fingerprint density at radius 3 is 2.19 bits per heavy atom. The number of carboxylic acid groups (broad SMARTS) is 2. The zero-order chi connectivity index (χ0) is 24.4. The molecule has 9 N–H and O–H groups in total. The first-order valence-electron chi connectivity index (χ1n) is 9.33. The molecule has 1 aromatic rings. The standard InChI is InChI=1S/C17H26N6O8S/c1-7(24)13(16(29)22-11(5-32)17(30)31)23-15(28)10(3-12(25)26)21-14(27)9(18)2-8-4-19-6-20-8/h4,6-7,9-11,13,24,32H,2-3,5,18H2,1H3,(H,19,20)(H,21,27)(H,22,29)(H,23,28)(H,25,26)(H,30,31). The van der Waals surface area contributed by atoms with Crippen molar-refractivity contribution in [2.24, 2.45) is 5.73 Å². The zero-order valence-electron chi connectivity index (χ0n) is 17.0. The molecule has 1 aromatic heterocycles. The molecule has 0 bridgehead atoms. The lowest BCUT2D eigenvalue weighted by Gasteiger charge is -2.25. The number of aliphatic carboxylic acids is 2. The number of hydrogen-bond acceptors (Lipinski definition) is 9. The molecule has 15 heteroatoms. The van der Waals surface area contributed by atoms with E-state index in [1.807, 2.05) is 0 Å². The van der Waals surface area contributed by atoms with Crippen LogP contribution >= 0.6 is 12.6 Å². The minimum Gasteiger partial charge on any atom is -0.481 e. The van der Waals surface area contributed by atoms with E-state index in [4.69, 9.17) is 15.9 Å². The van der Waals surface area contributed by atoms with E-state index in [0.29, 0.717) is 5.69 Å². The van der Waals surface area contributed by atoms with Gasteiger partial charge in [0.05, 0.1) is 24.9 Å². The van der Waals surface area contributed by atoms with E-state index in [9.17, 15) is 29.1 Å². The number of hydrogen-bond donors (Lipinski definition) is 9. The molecular weight excluding hydrogens is 448 g/mol. The number of aromatic nitrogens is 2. The van der Waals surface area contributed by atoms with Crippen LogP contribution < -0.4 is 21.7 Å². The summed E-state index contributed by atoms with van der Waals surface area (Å²) in [6.07, 6.45) is 0.542. The van der Waals surface area contributed by atoms with Crippen molar-refractivity contribution in [2.45, 2.75) is 50.0 Å². The number of carboxylic acids is 2. The normalized spacial score (nSPS) is 15.5. The van der Waals surface area contributed by atoms with Crippen LogP contribution in [0.25, 0.3) is 0 Å². The van der Waals surface area contributed by atoms with Gasteiger partial charge in [-0.25, -0.2) is 9.78 Å². The topological polar surface area (TPSA) is 237 Å². The van der Waals surface area contributed by atoms with Crippen molar-refractivity contribution in [3.63, 3.8) is 0 Å². The van der Waals surface area contributed by atoms with Crippen LogP contribution in [0.2, 0.25) is 0 Å². The Balaban J connectivity index is 2.89. The predicted molar refractivity (Wildman–Crippen MR) is 111 cm³/mol. The first-order chi connectivity index (χ1) is 15.0. The summed E-state index contributed by atoms with van der Waals surface area (Å²) in [5.74, 6) is -6.02. The lowest BCUT2D eigenvalue weighted by Crippen LogP contribution is -2.60. The first kappa shape index (κ1) is 26.9. The number of carbonyl (C=O) groups is 5. The molecule has 1 heterocycles. The molecule has 0 fully saturated rings. The lowest BCUT2D eigenvalue weighted by atomic mass is 10.1. The second-order valence-electron chi connectivity index (χ2n) is 6.86. The third-order valence-electron chi connectivity index (χ3n) is 4.20. The average molecular weight is 474 g/mol. The minimum absolute atomic E-state index is 0.0340. The van der Waals surface area contributed by atoms with Crippen LogP contribution in [0.1, 0.15) is 19.0 Å². The summed E-state index contributed by atoms with van der Waals surface area (Å²) in [6, 6.07) is -5.78. The monoisotopic (exact) mass is 474 g/mol. The van der Waals surface area contributed by atoms with Crippen LogP contribution in [0.4, 0.5) is 0 Å². The van der Waals surface area contributed by atoms with Gasteiger partial charge in [0.1, 0.15) is 18.1 Å². The Bertz CT molecular complexity index is 818. The maximum Gasteiger partial charge on any atom is 0.327 e. The Labute approximate surface area is 187 Å². The summed E-state index contributed by atoms with van der Waals surface area (Å²) in [5.41, 5.74) is 6.31. The van der Waals surface area contributed by atoms with E-state index >= 15 is 0 Å². The molecular formula is C17H26N6O8S. The Kier molecular flexibility index (Phi) is 10.6. The van der Waals surface area contributed by atoms with Crippen molar-refractivity contribution < 1.29 is 39.3 Å². The number of imidazole rings is 1. The number of carbonyl (C=O) groups excluding carboxylic acids is 3. The molecule has 0 saturated heterocycles. The SMILES string of the molecule is CC(O)C(NC(=O)C(CC(=O)O)NC(=O)C(N)Cc1cnc[nH]1)C(=O)NC(CS)C(=O)O. The fourth-order valence-electron chi connectivity index (χ4n) is 2.49. The third kappa shape index (κ3) is 8.52. The highest BCUT2D eigenvalue weighted by Gasteiger charge is 2.33. The first-order valence-corrected chi connectivity index (χ1v) is 9.97. The Morgan fingerprint density at radius 2 is 1.72 bits per heavy atom. The lowest BCUT2D eigenvalue weighted by molar-refractivity contribution is -0.143. The van der Waals surface area contributed by atoms with Gasteiger partial charge in [-0.2, -0.15) is 12.6 Å². The number of H-pyrrole nitrogens is 1. The van der Waals surface area contributed by atoms with Crippen molar-refractivity contribution in [1.82, 2.24) is 25.9 Å². The van der Waals surface area contributed by atoms with Crippen LogP contribution in [0.15, 0.2) is 12.5 Å². The summed E-state index contributed by atoms with van der Waals surface area (Å²) in [7, 11) is 0. The van der Waals surface area contributed by atoms with Crippen LogP contribution in [0.3, 0.4) is 0 Å². The smallest absolute Gasteiger partial charge is 0.327 e. The van der Waals surface area contributed by atoms with E-state index in [1.54, 1.807) is 0 Å². The molecule has 0 aliphatic carbocycles. The summed E-state index contributed by atoms with van der Waals surface area (Å²) < 4.78 is 0. The van der Waals surface area contributed by atoms with Gasteiger partial charge in [0.15, 0.2) is 0 Å². The number of aromatic amines is 1. The summed E-state index contributed by atoms with van der Waals surface area (Å²) >= 11 is 3.80. The molecule has 5 atom stereocenters. The van der Waals surface area contributed by atoms with Crippen molar-refractivity contribution >= 4 is 42.3 Å². The molecule has 0 aliphatic rings. The number of nitrogens with zero attached hydrogens (tertiary/aromatic N) is 1. The predicted octanol–water partition coefficient (Wildman–Crippen LogP) is -3.40. The fourth-order valence-corrected chi connectivity index (χ4v) is 2.74. The van der Waals surface area contributed by atoms with Gasteiger partial charge in [-0.05, 0) is 6.92 Å². The Morgan fingerprint density at radius 1 is 1.09 bits per heavy atom. The van der Waals surface area contributed by atoms with Crippen molar-refractivity contribution in [3.05, 3.63) is 18.2 Å². The van der Waals surface area contributed by atoms with Crippen LogP contribution in [0.5, 0.6) is 0 Å². The summed E-state index contributed by atoms with van der Waals surface area (Å²) in [4.78, 5) is 66.0. The second kappa shape index (κ2) is 12.6. The van der Waals surface area contributed by atoms with Gasteiger partial charge in [0, 0.05) is 24.1 Å². The molecule has 3 amide bonds. The molecule has 32 heavy (non-hydrogen) atoms. The fraction of sp³-hybridized carbons (Fsp3) is 0.529. The highest BCUT2D eigenvalue weighted by atomic mass is 32.1. The van der Waals surface area contributed by atoms with E-state index in [2.05, 4.69) is 38.5 Å². The van der Waals surface area contributed by atoms with Gasteiger partial charge in [-0.3, -0.25) is 19.2 Å². The van der Waals surface area contributed by atoms with E-state index in [-0.39, 0.29) is 12.2 Å². The molecule has 5 unspecified atom stereocenters. The van der Waals surface area contributed by atoms with Crippen molar-refractivity contribution in [1.29, 1.82) is 0 Å². The number of nitrogens with one attached hydrogen (secondary N) is 4. The number of rotatable bonds is 13. The number of amides is 3. The van der Waals surface area contributed by atoms with Crippen molar-refractivity contribution in [3.8, 4) is 0 Å². The highest BCUT2D eigenvalue weighted by molar-refractivity contribution is 7.80. The molecule has 0 radical (unpaired) electrons. The van der Waals surface area contributed by atoms with Crippen molar-refractivity contribution in [2.75, 3.05) is 5.75 Å². The second-order valence-corrected chi connectivity index (χ2v) is 7.22. The quantitative estimate of drug-likeness (QED) is 0.128. The number of thiol groups is 1. The molecule has 0 aliphatic heterocycles. The van der Waals surface area contributed by atoms with E-state index < -0.39 is 66.4 Å². The van der Waals surface area contributed by atoms with Crippen LogP contribution in [-0.4, -0.2) is 91.0 Å². The number of aliphatic hydroxyl groups excluding tert-OH is 1. The van der Waals surface area contributed by atoms with Gasteiger partial charge >= 0.3 is 11.9 Å². The maximum absolute atomic E-state index is 12.6. The van der Waals surface area contributed by atoms with E-state index in [0.717, 1.165) is 6.92 Å². The summed E-state index contributed by atoms with van der Waals surface area (Å²) in [5, 5.41) is 34.4. The van der Waals surface area contributed by atoms with Gasteiger partial charge in [0.2, 0.25) is 17.7 Å². The van der Waals surface area contributed by atoms with E-state index in [1.165, 1.54) is 12.5 Å².